The zero-order chi connectivity index (χ0) is 11.8. The minimum atomic E-state index is 0. The molecule has 2 N–H and O–H groups in total. The number of rotatable bonds is 1. The Morgan fingerprint density at radius 3 is 2.94 bits per heavy atom. The number of fused-ring (bicyclic) bond motifs is 1. The summed E-state index contributed by atoms with van der Waals surface area (Å²) in [4.78, 5) is 14.7. The second kappa shape index (κ2) is 5.50. The predicted octanol–water partition coefficient (Wildman–Crippen LogP) is 1.16. The number of aromatic nitrogens is 2. The van der Waals surface area contributed by atoms with Gasteiger partial charge in [0.2, 0.25) is 0 Å². The number of nitrogens with zero attached hydrogens (tertiary/aromatic N) is 3. The van der Waals surface area contributed by atoms with E-state index in [1.807, 2.05) is 4.90 Å². The van der Waals surface area contributed by atoms with Crippen molar-refractivity contribution in [1.82, 2.24) is 14.5 Å². The fourth-order valence-corrected chi connectivity index (χ4v) is 3.58. The fourth-order valence-electron chi connectivity index (χ4n) is 3.10. The zero-order valence-electron chi connectivity index (χ0n) is 9.99. The molecule has 0 radical (unpaired) electrons. The molecule has 1 saturated heterocycles. The lowest BCUT2D eigenvalue weighted by Crippen LogP contribution is -2.38. The molecule has 0 spiro atoms. The molecule has 100 valence electrons. The van der Waals surface area contributed by atoms with Gasteiger partial charge in [-0.05, 0) is 36.2 Å². The molecule has 3 atom stereocenters. The SMILES string of the molecule is Cl.NC1CCCC2CN(C(=O)c3cnns3)CC12. The normalized spacial score (nSPS) is 30.7. The van der Waals surface area contributed by atoms with Crippen LogP contribution in [-0.4, -0.2) is 39.5 Å². The zero-order valence-corrected chi connectivity index (χ0v) is 11.6. The Hall–Kier alpha value is -0.720. The van der Waals surface area contributed by atoms with Crippen LogP contribution in [0.3, 0.4) is 0 Å². The van der Waals surface area contributed by atoms with Gasteiger partial charge in [0.25, 0.3) is 5.91 Å². The molecule has 2 fully saturated rings. The monoisotopic (exact) mass is 288 g/mol. The number of halogens is 1. The van der Waals surface area contributed by atoms with Gasteiger partial charge in [0.1, 0.15) is 4.88 Å². The third-order valence-corrected chi connectivity index (χ3v) is 4.67. The van der Waals surface area contributed by atoms with E-state index in [9.17, 15) is 4.79 Å². The molecule has 1 saturated carbocycles. The van der Waals surface area contributed by atoms with Gasteiger partial charge in [-0.1, -0.05) is 10.9 Å². The molecule has 1 aliphatic heterocycles. The molecule has 3 unspecified atom stereocenters. The Morgan fingerprint density at radius 1 is 1.44 bits per heavy atom. The highest BCUT2D eigenvalue weighted by atomic mass is 35.5. The maximum absolute atomic E-state index is 12.2. The molecular formula is C11H17ClN4OS. The Morgan fingerprint density at radius 2 is 2.28 bits per heavy atom. The number of hydrogen-bond acceptors (Lipinski definition) is 5. The van der Waals surface area contributed by atoms with E-state index in [0.29, 0.717) is 16.7 Å². The van der Waals surface area contributed by atoms with Gasteiger partial charge in [-0.3, -0.25) is 4.79 Å². The lowest BCUT2D eigenvalue weighted by Gasteiger charge is -2.29. The van der Waals surface area contributed by atoms with Crippen molar-refractivity contribution in [3.8, 4) is 0 Å². The van der Waals surface area contributed by atoms with E-state index in [2.05, 4.69) is 9.59 Å². The third-order valence-electron chi connectivity index (χ3n) is 4.01. The number of carbonyl (C=O) groups excluding carboxylic acids is 1. The maximum atomic E-state index is 12.2. The van der Waals surface area contributed by atoms with Crippen molar-refractivity contribution >= 4 is 29.8 Å². The van der Waals surface area contributed by atoms with Crippen molar-refractivity contribution < 1.29 is 4.79 Å². The van der Waals surface area contributed by atoms with Crippen LogP contribution in [0.2, 0.25) is 0 Å². The summed E-state index contributed by atoms with van der Waals surface area (Å²) in [6, 6.07) is 0.270. The van der Waals surface area contributed by atoms with Crippen molar-refractivity contribution in [3.05, 3.63) is 11.1 Å². The molecule has 0 aromatic carbocycles. The van der Waals surface area contributed by atoms with Crippen LogP contribution >= 0.6 is 23.9 Å². The van der Waals surface area contributed by atoms with E-state index in [4.69, 9.17) is 5.73 Å². The van der Waals surface area contributed by atoms with Gasteiger partial charge in [0.05, 0.1) is 6.20 Å². The topological polar surface area (TPSA) is 72.1 Å². The van der Waals surface area contributed by atoms with Crippen LogP contribution in [-0.2, 0) is 0 Å². The molecule has 1 aromatic heterocycles. The summed E-state index contributed by atoms with van der Waals surface area (Å²) >= 11 is 1.17. The first-order chi connectivity index (χ1) is 8.25. The van der Waals surface area contributed by atoms with E-state index >= 15 is 0 Å². The second-order valence-electron chi connectivity index (χ2n) is 5.01. The summed E-state index contributed by atoms with van der Waals surface area (Å²) in [5.41, 5.74) is 6.14. The summed E-state index contributed by atoms with van der Waals surface area (Å²) in [7, 11) is 0. The lowest BCUT2D eigenvalue weighted by molar-refractivity contribution is 0.0788. The minimum Gasteiger partial charge on any atom is -0.337 e. The number of nitrogens with two attached hydrogens (primary N) is 1. The van der Waals surface area contributed by atoms with Crippen molar-refractivity contribution in [2.45, 2.75) is 25.3 Å². The number of likely N-dealkylation sites (tertiary alicyclic amines) is 1. The van der Waals surface area contributed by atoms with Crippen LogP contribution in [0.25, 0.3) is 0 Å². The van der Waals surface area contributed by atoms with Gasteiger partial charge < -0.3 is 10.6 Å². The summed E-state index contributed by atoms with van der Waals surface area (Å²) in [6.07, 6.45) is 5.07. The van der Waals surface area contributed by atoms with Crippen molar-refractivity contribution in [1.29, 1.82) is 0 Å². The Labute approximate surface area is 116 Å². The van der Waals surface area contributed by atoms with Gasteiger partial charge in [-0.25, -0.2) is 0 Å². The molecule has 2 aliphatic rings. The molecule has 1 aliphatic carbocycles. The molecule has 3 rings (SSSR count). The molecule has 18 heavy (non-hydrogen) atoms. The molecular weight excluding hydrogens is 272 g/mol. The van der Waals surface area contributed by atoms with Crippen LogP contribution < -0.4 is 5.73 Å². The van der Waals surface area contributed by atoms with E-state index in [1.165, 1.54) is 24.4 Å². The molecule has 7 heteroatoms. The molecule has 5 nitrogen and oxygen atoms in total. The summed E-state index contributed by atoms with van der Waals surface area (Å²) < 4.78 is 3.74. The third kappa shape index (κ3) is 2.37. The quantitative estimate of drug-likeness (QED) is 0.842. The fraction of sp³-hybridized carbons (Fsp3) is 0.727. The standard InChI is InChI=1S/C11H16N4OS.ClH/c12-9-3-1-2-7-5-15(6-8(7)9)11(16)10-4-13-14-17-10;/h4,7-9H,1-3,5-6,12H2;1H. The number of amides is 1. The predicted molar refractivity (Wildman–Crippen MR) is 71.9 cm³/mol. The van der Waals surface area contributed by atoms with E-state index in [-0.39, 0.29) is 24.4 Å². The molecule has 1 aromatic rings. The number of hydrogen-bond donors (Lipinski definition) is 1. The summed E-state index contributed by atoms with van der Waals surface area (Å²) in [6.45, 7) is 1.66. The average Bonchev–Trinajstić information content (AvgIpc) is 2.98. The highest BCUT2D eigenvalue weighted by Gasteiger charge is 2.40. The first-order valence-corrected chi connectivity index (χ1v) is 6.85. The van der Waals surface area contributed by atoms with Crippen molar-refractivity contribution in [2.75, 3.05) is 13.1 Å². The van der Waals surface area contributed by atoms with Crippen LogP contribution in [0.15, 0.2) is 6.20 Å². The number of carbonyl (C=O) groups is 1. The maximum Gasteiger partial charge on any atom is 0.267 e. The highest BCUT2D eigenvalue weighted by molar-refractivity contribution is 7.07. The second-order valence-corrected chi connectivity index (χ2v) is 5.80. The minimum absolute atomic E-state index is 0. The van der Waals surface area contributed by atoms with Crippen LogP contribution in [0.1, 0.15) is 28.9 Å². The van der Waals surface area contributed by atoms with Crippen LogP contribution in [0.4, 0.5) is 0 Å². The van der Waals surface area contributed by atoms with Crippen LogP contribution in [0.5, 0.6) is 0 Å². The smallest absolute Gasteiger partial charge is 0.267 e. The van der Waals surface area contributed by atoms with Gasteiger partial charge in [-0.2, -0.15) is 0 Å². The van der Waals surface area contributed by atoms with Gasteiger partial charge in [-0.15, -0.1) is 17.5 Å². The first kappa shape index (κ1) is 13.7. The van der Waals surface area contributed by atoms with Crippen molar-refractivity contribution in [2.24, 2.45) is 17.6 Å². The Balaban J connectivity index is 0.00000120. The van der Waals surface area contributed by atoms with Crippen molar-refractivity contribution in [3.63, 3.8) is 0 Å². The van der Waals surface area contributed by atoms with Gasteiger partial charge >= 0.3 is 0 Å². The molecule has 0 bridgehead atoms. The lowest BCUT2D eigenvalue weighted by atomic mass is 9.78. The van der Waals surface area contributed by atoms with Gasteiger partial charge in [0.15, 0.2) is 0 Å². The van der Waals surface area contributed by atoms with E-state index < -0.39 is 0 Å². The Bertz CT molecular complexity index is 413. The Kier molecular flexibility index (Phi) is 4.19. The first-order valence-electron chi connectivity index (χ1n) is 6.08. The molecule has 1 amide bonds. The van der Waals surface area contributed by atoms with Crippen LogP contribution in [0, 0.1) is 11.8 Å². The van der Waals surface area contributed by atoms with Gasteiger partial charge in [0, 0.05) is 19.1 Å². The van der Waals surface area contributed by atoms with E-state index in [1.54, 1.807) is 6.20 Å². The molecule has 2 heterocycles. The highest BCUT2D eigenvalue weighted by Crippen LogP contribution is 2.36. The van der Waals surface area contributed by atoms with E-state index in [0.717, 1.165) is 19.5 Å². The summed E-state index contributed by atoms with van der Waals surface area (Å²) in [5.74, 6) is 1.17. The summed E-state index contributed by atoms with van der Waals surface area (Å²) in [5, 5.41) is 3.72. The average molecular weight is 289 g/mol. The largest absolute Gasteiger partial charge is 0.337 e.